The van der Waals surface area contributed by atoms with Crippen LogP contribution in [-0.2, 0) is 16.3 Å². The second-order valence-electron chi connectivity index (χ2n) is 4.84. The van der Waals surface area contributed by atoms with E-state index in [0.29, 0.717) is 18.2 Å². The summed E-state index contributed by atoms with van der Waals surface area (Å²) in [5.74, 6) is 1.94. The highest BCUT2D eigenvalue weighted by Crippen LogP contribution is 2.19. The third-order valence-corrected chi connectivity index (χ3v) is 4.50. The van der Waals surface area contributed by atoms with Crippen molar-refractivity contribution in [3.63, 3.8) is 0 Å². The van der Waals surface area contributed by atoms with E-state index in [2.05, 4.69) is 0 Å². The highest BCUT2D eigenvalue weighted by atomic mass is 35.5. The smallest absolute Gasteiger partial charge is 0.147 e. The standard InChI is InChI=1S/C14H21ClO3S/c1-18-14-7-5-12(6-8-14)10-13(11-15)4-3-9-19(2,16)17/h5-8,13H,3-4,9-11H2,1-2H3. The summed E-state index contributed by atoms with van der Waals surface area (Å²) in [6, 6.07) is 7.90. The normalized spacial score (nSPS) is 13.2. The van der Waals surface area contributed by atoms with Gasteiger partial charge in [0.1, 0.15) is 15.6 Å². The van der Waals surface area contributed by atoms with Crippen LogP contribution in [0.25, 0.3) is 0 Å². The molecule has 19 heavy (non-hydrogen) atoms. The monoisotopic (exact) mass is 304 g/mol. The summed E-state index contributed by atoms with van der Waals surface area (Å²) >= 11 is 5.95. The maximum Gasteiger partial charge on any atom is 0.147 e. The second-order valence-corrected chi connectivity index (χ2v) is 7.41. The van der Waals surface area contributed by atoms with E-state index < -0.39 is 9.84 Å². The SMILES string of the molecule is COc1ccc(CC(CCl)CCCS(C)(=O)=O)cc1. The van der Waals surface area contributed by atoms with Crippen molar-refractivity contribution in [3.8, 4) is 5.75 Å². The third kappa shape index (κ3) is 6.83. The highest BCUT2D eigenvalue weighted by molar-refractivity contribution is 7.90. The van der Waals surface area contributed by atoms with E-state index >= 15 is 0 Å². The molecule has 0 aliphatic carbocycles. The van der Waals surface area contributed by atoms with Gasteiger partial charge in [-0.1, -0.05) is 12.1 Å². The predicted molar refractivity (Wildman–Crippen MR) is 79.9 cm³/mol. The molecule has 0 radical (unpaired) electrons. The highest BCUT2D eigenvalue weighted by Gasteiger charge is 2.10. The van der Waals surface area contributed by atoms with Crippen LogP contribution in [0.2, 0.25) is 0 Å². The molecule has 0 saturated heterocycles. The van der Waals surface area contributed by atoms with E-state index in [4.69, 9.17) is 16.3 Å². The Labute approximate surface area is 120 Å². The van der Waals surface area contributed by atoms with Gasteiger partial charge in [0.15, 0.2) is 0 Å². The van der Waals surface area contributed by atoms with Crippen LogP contribution < -0.4 is 4.74 Å². The van der Waals surface area contributed by atoms with Crippen molar-refractivity contribution in [2.75, 3.05) is 25.0 Å². The molecule has 1 rings (SSSR count). The van der Waals surface area contributed by atoms with Crippen molar-refractivity contribution in [2.24, 2.45) is 5.92 Å². The zero-order valence-electron chi connectivity index (χ0n) is 11.4. The maximum absolute atomic E-state index is 11.1. The van der Waals surface area contributed by atoms with Crippen molar-refractivity contribution < 1.29 is 13.2 Å². The number of rotatable bonds is 8. The Morgan fingerprint density at radius 1 is 1.26 bits per heavy atom. The van der Waals surface area contributed by atoms with Gasteiger partial charge in [-0.15, -0.1) is 11.6 Å². The number of ether oxygens (including phenoxy) is 1. The molecular weight excluding hydrogens is 284 g/mol. The zero-order valence-corrected chi connectivity index (χ0v) is 13.0. The van der Waals surface area contributed by atoms with Gasteiger partial charge in [-0.05, 0) is 42.9 Å². The summed E-state index contributed by atoms with van der Waals surface area (Å²) in [4.78, 5) is 0. The van der Waals surface area contributed by atoms with Gasteiger partial charge in [0, 0.05) is 17.9 Å². The summed E-state index contributed by atoms with van der Waals surface area (Å²) in [5.41, 5.74) is 1.20. The first-order valence-corrected chi connectivity index (χ1v) is 8.90. The number of sulfone groups is 1. The van der Waals surface area contributed by atoms with Gasteiger partial charge in [-0.2, -0.15) is 0 Å². The summed E-state index contributed by atoms with van der Waals surface area (Å²) < 4.78 is 27.3. The minimum atomic E-state index is -2.87. The molecule has 0 N–H and O–H groups in total. The number of hydrogen-bond acceptors (Lipinski definition) is 3. The van der Waals surface area contributed by atoms with Crippen molar-refractivity contribution in [3.05, 3.63) is 29.8 Å². The lowest BCUT2D eigenvalue weighted by Gasteiger charge is -2.13. The van der Waals surface area contributed by atoms with Crippen molar-refractivity contribution in [2.45, 2.75) is 19.3 Å². The Morgan fingerprint density at radius 2 is 1.89 bits per heavy atom. The largest absolute Gasteiger partial charge is 0.497 e. The Morgan fingerprint density at radius 3 is 2.37 bits per heavy atom. The van der Waals surface area contributed by atoms with Gasteiger partial charge in [0.05, 0.1) is 7.11 Å². The third-order valence-electron chi connectivity index (χ3n) is 3.03. The lowest BCUT2D eigenvalue weighted by atomic mass is 9.97. The molecule has 1 aromatic carbocycles. The minimum absolute atomic E-state index is 0.239. The molecule has 0 heterocycles. The van der Waals surface area contributed by atoms with Crippen LogP contribution in [0.4, 0.5) is 0 Å². The molecule has 5 heteroatoms. The summed E-state index contributed by atoms with van der Waals surface area (Å²) in [7, 11) is -1.23. The Bertz CT molecular complexity index is 468. The van der Waals surface area contributed by atoms with Gasteiger partial charge in [-0.3, -0.25) is 0 Å². The minimum Gasteiger partial charge on any atom is -0.497 e. The van der Waals surface area contributed by atoms with E-state index in [1.807, 2.05) is 24.3 Å². The first-order chi connectivity index (χ1) is 8.94. The fourth-order valence-corrected chi connectivity index (χ4v) is 2.92. The van der Waals surface area contributed by atoms with E-state index in [1.54, 1.807) is 7.11 Å². The molecule has 0 aliphatic heterocycles. The Kier molecular flexibility index (Phi) is 6.66. The molecule has 0 amide bonds. The molecule has 3 nitrogen and oxygen atoms in total. The molecule has 1 aromatic rings. The first-order valence-electron chi connectivity index (χ1n) is 6.31. The topological polar surface area (TPSA) is 43.4 Å². The van der Waals surface area contributed by atoms with Crippen molar-refractivity contribution >= 4 is 21.4 Å². The van der Waals surface area contributed by atoms with Crippen LogP contribution >= 0.6 is 11.6 Å². The molecule has 0 aromatic heterocycles. The molecule has 0 fully saturated rings. The van der Waals surface area contributed by atoms with Crippen molar-refractivity contribution in [1.82, 2.24) is 0 Å². The quantitative estimate of drug-likeness (QED) is 0.694. The summed E-state index contributed by atoms with van der Waals surface area (Å²) in [5, 5.41) is 0. The van der Waals surface area contributed by atoms with Gasteiger partial charge in [0.2, 0.25) is 0 Å². The van der Waals surface area contributed by atoms with E-state index in [0.717, 1.165) is 18.6 Å². The van der Waals surface area contributed by atoms with Crippen LogP contribution in [0.5, 0.6) is 5.75 Å². The zero-order chi connectivity index (χ0) is 14.3. The number of hydrogen-bond donors (Lipinski definition) is 0. The van der Waals surface area contributed by atoms with E-state index in [-0.39, 0.29) is 5.75 Å². The number of benzene rings is 1. The average molecular weight is 305 g/mol. The van der Waals surface area contributed by atoms with Gasteiger partial charge in [0.25, 0.3) is 0 Å². The number of alkyl halides is 1. The lowest BCUT2D eigenvalue weighted by Crippen LogP contribution is -2.10. The average Bonchev–Trinajstić information content (AvgIpc) is 2.37. The van der Waals surface area contributed by atoms with E-state index in [1.165, 1.54) is 11.8 Å². The predicted octanol–water partition coefficient (Wildman–Crippen LogP) is 2.92. The Balaban J connectivity index is 2.46. The van der Waals surface area contributed by atoms with Gasteiger partial charge >= 0.3 is 0 Å². The van der Waals surface area contributed by atoms with Crippen LogP contribution in [0.15, 0.2) is 24.3 Å². The summed E-state index contributed by atoms with van der Waals surface area (Å²) in [6.07, 6.45) is 3.65. The number of methoxy groups -OCH3 is 1. The molecule has 1 atom stereocenters. The van der Waals surface area contributed by atoms with Crippen LogP contribution in [0.1, 0.15) is 18.4 Å². The molecular formula is C14H21ClO3S. The molecule has 108 valence electrons. The van der Waals surface area contributed by atoms with Crippen LogP contribution in [0, 0.1) is 5.92 Å². The van der Waals surface area contributed by atoms with E-state index in [9.17, 15) is 8.42 Å². The van der Waals surface area contributed by atoms with Crippen LogP contribution in [-0.4, -0.2) is 33.4 Å². The first kappa shape index (κ1) is 16.3. The molecule has 0 bridgehead atoms. The van der Waals surface area contributed by atoms with Gasteiger partial charge < -0.3 is 4.74 Å². The van der Waals surface area contributed by atoms with Crippen LogP contribution in [0.3, 0.4) is 0 Å². The van der Waals surface area contributed by atoms with Gasteiger partial charge in [-0.25, -0.2) is 8.42 Å². The maximum atomic E-state index is 11.1. The molecule has 1 unspecified atom stereocenters. The van der Waals surface area contributed by atoms with Crippen molar-refractivity contribution in [1.29, 1.82) is 0 Å². The molecule has 0 aliphatic rings. The fourth-order valence-electron chi connectivity index (χ4n) is 1.96. The number of halogens is 1. The lowest BCUT2D eigenvalue weighted by molar-refractivity contribution is 0.414. The molecule has 0 spiro atoms. The Hall–Kier alpha value is -0.740. The summed E-state index contributed by atoms with van der Waals surface area (Å²) in [6.45, 7) is 0. The second kappa shape index (κ2) is 7.75. The molecule has 0 saturated carbocycles. The fraction of sp³-hybridized carbons (Fsp3) is 0.571.